The van der Waals surface area contributed by atoms with Crippen molar-refractivity contribution in [2.75, 3.05) is 14.2 Å². The molecular formula is C23H19ClNO6S+. The number of carbonyl (C=O) groups excluding carboxylic acids is 1. The molecule has 0 N–H and O–H groups in total. The van der Waals surface area contributed by atoms with E-state index >= 15 is 0 Å². The molecule has 164 valence electrons. The Kier molecular flexibility index (Phi) is 5.66. The highest BCUT2D eigenvalue weighted by Crippen LogP contribution is 2.43. The molecule has 4 aromatic rings. The summed E-state index contributed by atoms with van der Waals surface area (Å²) in [5.74, 6) is -0.973. The molecule has 0 amide bonds. The van der Waals surface area contributed by atoms with Crippen LogP contribution in [0.3, 0.4) is 0 Å². The first kappa shape index (κ1) is 21.9. The molecule has 0 atom stereocenters. The Labute approximate surface area is 189 Å². The first-order valence-electron chi connectivity index (χ1n) is 9.49. The predicted molar refractivity (Wildman–Crippen MR) is 120 cm³/mol. The molecule has 0 unspecified atom stereocenters. The maximum absolute atomic E-state index is 13.5. The van der Waals surface area contributed by atoms with Gasteiger partial charge in [0, 0.05) is 22.8 Å². The monoisotopic (exact) mass is 472 g/mol. The number of para-hydroxylation sites is 2. The van der Waals surface area contributed by atoms with E-state index < -0.39 is 15.0 Å². The van der Waals surface area contributed by atoms with Crippen LogP contribution in [-0.4, -0.2) is 28.6 Å². The quantitative estimate of drug-likeness (QED) is 0.144. The molecule has 0 saturated carbocycles. The van der Waals surface area contributed by atoms with E-state index in [4.69, 9.17) is 24.9 Å². The number of ether oxygens (including phenoxy) is 3. The number of carbonyl (C=O) groups is 1. The van der Waals surface area contributed by atoms with Crippen molar-refractivity contribution < 1.29 is 32.0 Å². The van der Waals surface area contributed by atoms with E-state index in [0.29, 0.717) is 16.3 Å². The molecule has 0 radical (unpaired) electrons. The van der Waals surface area contributed by atoms with Gasteiger partial charge in [-0.2, -0.15) is 4.57 Å². The minimum atomic E-state index is -4.17. The molecule has 3 aromatic carbocycles. The lowest BCUT2D eigenvalue weighted by Gasteiger charge is -2.16. The number of hydrogen-bond donors (Lipinski definition) is 0. The average molecular weight is 473 g/mol. The fourth-order valence-electron chi connectivity index (χ4n) is 3.76. The third-order valence-corrected chi connectivity index (χ3v) is 6.54. The lowest BCUT2D eigenvalue weighted by atomic mass is 10.0. The van der Waals surface area contributed by atoms with Crippen molar-refractivity contribution in [3.8, 4) is 17.2 Å². The topological polar surface area (TPSA) is 82.8 Å². The van der Waals surface area contributed by atoms with Crippen LogP contribution in [0.15, 0.2) is 65.6 Å². The zero-order chi connectivity index (χ0) is 23.0. The molecule has 0 bridgehead atoms. The van der Waals surface area contributed by atoms with Gasteiger partial charge in [-0.3, -0.25) is 0 Å². The standard InChI is InChI=1S/C23H19ClNO6S/c1-25-16-10-6-4-8-14(16)20(15-9-5-7-11-17(15)25)23(26)31-21-18(29-2)12-13-19(22(21)30-3)32(24,27)28/h4-13H,1-3H3/q+1. The summed E-state index contributed by atoms with van der Waals surface area (Å²) in [5, 5.41) is 1.36. The Balaban J connectivity index is 1.97. The molecule has 7 nitrogen and oxygen atoms in total. The molecule has 0 saturated heterocycles. The van der Waals surface area contributed by atoms with Crippen molar-refractivity contribution in [3.05, 3.63) is 66.2 Å². The number of aryl methyl sites for hydroxylation is 1. The molecule has 0 aliphatic rings. The van der Waals surface area contributed by atoms with Crippen molar-refractivity contribution in [2.24, 2.45) is 7.05 Å². The summed E-state index contributed by atoms with van der Waals surface area (Å²) < 4.78 is 42.3. The number of esters is 1. The summed E-state index contributed by atoms with van der Waals surface area (Å²) in [5.41, 5.74) is 1.99. The Bertz CT molecular complexity index is 1430. The van der Waals surface area contributed by atoms with Gasteiger partial charge in [-0.25, -0.2) is 13.2 Å². The SMILES string of the molecule is COc1ccc(S(=O)(=O)Cl)c(OC)c1OC(=O)c1c2ccccc2[n+](C)c2ccccc12. The van der Waals surface area contributed by atoms with Crippen LogP contribution in [0.5, 0.6) is 17.2 Å². The fourth-order valence-corrected chi connectivity index (χ4v) is 4.76. The number of methoxy groups -OCH3 is 2. The first-order chi connectivity index (χ1) is 15.3. The van der Waals surface area contributed by atoms with E-state index in [9.17, 15) is 13.2 Å². The van der Waals surface area contributed by atoms with Crippen molar-refractivity contribution in [2.45, 2.75) is 4.90 Å². The molecule has 0 aliphatic heterocycles. The third kappa shape index (κ3) is 3.61. The largest absolute Gasteiger partial charge is 0.493 e. The van der Waals surface area contributed by atoms with Crippen LogP contribution in [0.25, 0.3) is 21.8 Å². The van der Waals surface area contributed by atoms with Gasteiger partial charge >= 0.3 is 5.97 Å². The highest BCUT2D eigenvalue weighted by molar-refractivity contribution is 8.13. The van der Waals surface area contributed by atoms with Crippen LogP contribution in [0, 0.1) is 0 Å². The molecule has 0 fully saturated rings. The number of halogens is 1. The summed E-state index contributed by atoms with van der Waals surface area (Å²) in [6, 6.07) is 17.5. The number of nitrogens with zero attached hydrogens (tertiary/aromatic N) is 1. The van der Waals surface area contributed by atoms with E-state index in [1.54, 1.807) is 0 Å². The first-order valence-corrected chi connectivity index (χ1v) is 11.8. The molecule has 0 aliphatic carbocycles. The predicted octanol–water partition coefficient (Wildman–Crippen LogP) is 3.98. The molecule has 4 rings (SSSR count). The number of benzene rings is 3. The Morgan fingerprint density at radius 1 is 0.844 bits per heavy atom. The third-order valence-electron chi connectivity index (χ3n) is 5.19. The second-order valence-electron chi connectivity index (χ2n) is 6.92. The van der Waals surface area contributed by atoms with Gasteiger partial charge in [0.25, 0.3) is 9.05 Å². The van der Waals surface area contributed by atoms with Crippen LogP contribution in [-0.2, 0) is 16.1 Å². The Morgan fingerprint density at radius 3 is 1.91 bits per heavy atom. The molecule has 1 heterocycles. The van der Waals surface area contributed by atoms with Gasteiger partial charge in [0.1, 0.15) is 11.9 Å². The van der Waals surface area contributed by atoms with Gasteiger partial charge in [-0.15, -0.1) is 0 Å². The minimum Gasteiger partial charge on any atom is -0.493 e. The maximum Gasteiger partial charge on any atom is 0.345 e. The van der Waals surface area contributed by atoms with Gasteiger partial charge < -0.3 is 14.2 Å². The Hall–Kier alpha value is -3.36. The van der Waals surface area contributed by atoms with Crippen LogP contribution in [0.2, 0.25) is 0 Å². The number of fused-ring (bicyclic) bond motifs is 2. The van der Waals surface area contributed by atoms with Crippen molar-refractivity contribution in [1.29, 1.82) is 0 Å². The van der Waals surface area contributed by atoms with Crippen LogP contribution in [0.1, 0.15) is 10.4 Å². The van der Waals surface area contributed by atoms with Gasteiger partial charge in [0.2, 0.25) is 16.8 Å². The molecule has 9 heteroatoms. The van der Waals surface area contributed by atoms with E-state index in [0.717, 1.165) is 11.0 Å². The Morgan fingerprint density at radius 2 is 1.41 bits per heavy atom. The zero-order valence-electron chi connectivity index (χ0n) is 17.5. The van der Waals surface area contributed by atoms with Crippen molar-refractivity contribution in [3.63, 3.8) is 0 Å². The lowest BCUT2D eigenvalue weighted by Crippen LogP contribution is -2.31. The number of hydrogen-bond acceptors (Lipinski definition) is 6. The van der Waals surface area contributed by atoms with Crippen LogP contribution >= 0.6 is 10.7 Å². The summed E-state index contributed by atoms with van der Waals surface area (Å²) in [7, 11) is 5.92. The second-order valence-corrected chi connectivity index (χ2v) is 9.46. The normalized spacial score (nSPS) is 11.5. The minimum absolute atomic E-state index is 0.120. The summed E-state index contributed by atoms with van der Waals surface area (Å²) >= 11 is 0. The van der Waals surface area contributed by atoms with E-state index in [1.807, 2.05) is 60.1 Å². The van der Waals surface area contributed by atoms with Crippen LogP contribution < -0.4 is 18.8 Å². The van der Waals surface area contributed by atoms with Crippen LogP contribution in [0.4, 0.5) is 0 Å². The number of pyridine rings is 1. The highest BCUT2D eigenvalue weighted by Gasteiger charge is 2.29. The van der Waals surface area contributed by atoms with Gasteiger partial charge in [-0.1, -0.05) is 24.3 Å². The molecular weight excluding hydrogens is 454 g/mol. The average Bonchev–Trinajstić information content (AvgIpc) is 2.78. The van der Waals surface area contributed by atoms with Gasteiger partial charge in [0.15, 0.2) is 11.5 Å². The van der Waals surface area contributed by atoms with Gasteiger partial charge in [0.05, 0.1) is 30.6 Å². The molecule has 32 heavy (non-hydrogen) atoms. The lowest BCUT2D eigenvalue weighted by molar-refractivity contribution is -0.617. The number of aromatic nitrogens is 1. The smallest absolute Gasteiger partial charge is 0.345 e. The molecule has 0 spiro atoms. The summed E-state index contributed by atoms with van der Waals surface area (Å²) in [6.45, 7) is 0. The fraction of sp³-hybridized carbons (Fsp3) is 0.130. The second kappa shape index (κ2) is 8.29. The molecule has 1 aromatic heterocycles. The van der Waals surface area contributed by atoms with Gasteiger partial charge in [-0.05, 0) is 24.3 Å². The zero-order valence-corrected chi connectivity index (χ0v) is 19.0. The van der Waals surface area contributed by atoms with Crippen molar-refractivity contribution >= 4 is 47.5 Å². The van der Waals surface area contributed by atoms with Crippen molar-refractivity contribution in [1.82, 2.24) is 0 Å². The summed E-state index contributed by atoms with van der Waals surface area (Å²) in [4.78, 5) is 13.2. The van der Waals surface area contributed by atoms with E-state index in [-0.39, 0.29) is 22.1 Å². The maximum atomic E-state index is 13.5. The van der Waals surface area contributed by atoms with E-state index in [1.165, 1.54) is 26.4 Å². The number of rotatable bonds is 5. The van der Waals surface area contributed by atoms with E-state index in [2.05, 4.69) is 0 Å². The summed E-state index contributed by atoms with van der Waals surface area (Å²) in [6.07, 6.45) is 0. The highest BCUT2D eigenvalue weighted by atomic mass is 35.7.